The fourth-order valence-corrected chi connectivity index (χ4v) is 0.764. The molecular formula is C9H15N2O2+. The molecule has 72 valence electrons. The Hall–Kier alpha value is -1.32. The average Bonchev–Trinajstić information content (AvgIpc) is 2.50. The molecule has 0 aromatic carbocycles. The third kappa shape index (κ3) is 2.89. The van der Waals surface area contributed by atoms with Crippen LogP contribution < -0.4 is 4.98 Å². The van der Waals surface area contributed by atoms with Gasteiger partial charge in [-0.3, -0.25) is 4.79 Å². The standard InChI is InChI=1S/C9H14N2O2/c1-9(2,3)8(12)13-6-7-10-4-5-11-7/h4-5H,6H2,1-3H3,(H,10,11)/p+1. The van der Waals surface area contributed by atoms with Gasteiger partial charge in [-0.15, -0.1) is 0 Å². The van der Waals surface area contributed by atoms with Crippen molar-refractivity contribution in [1.29, 1.82) is 0 Å². The summed E-state index contributed by atoms with van der Waals surface area (Å²) in [5.74, 6) is 0.591. The number of aromatic amines is 2. The van der Waals surface area contributed by atoms with E-state index in [0.29, 0.717) is 0 Å². The van der Waals surface area contributed by atoms with Crippen LogP contribution in [-0.2, 0) is 16.1 Å². The third-order valence-corrected chi connectivity index (χ3v) is 1.56. The first-order valence-corrected chi connectivity index (χ1v) is 4.21. The quantitative estimate of drug-likeness (QED) is 0.693. The lowest BCUT2D eigenvalue weighted by Crippen LogP contribution is -2.24. The van der Waals surface area contributed by atoms with E-state index < -0.39 is 5.41 Å². The number of rotatable bonds is 2. The van der Waals surface area contributed by atoms with Gasteiger partial charge in [-0.2, -0.15) is 0 Å². The maximum atomic E-state index is 11.3. The molecule has 0 spiro atoms. The highest BCUT2D eigenvalue weighted by Crippen LogP contribution is 2.15. The molecule has 1 heterocycles. The maximum absolute atomic E-state index is 11.3. The molecule has 4 heteroatoms. The minimum Gasteiger partial charge on any atom is -0.452 e. The van der Waals surface area contributed by atoms with E-state index >= 15 is 0 Å². The van der Waals surface area contributed by atoms with Crippen LogP contribution in [-0.4, -0.2) is 11.0 Å². The molecule has 0 amide bonds. The van der Waals surface area contributed by atoms with Gasteiger partial charge in [0.1, 0.15) is 12.4 Å². The number of H-pyrrole nitrogens is 2. The Balaban J connectivity index is 2.40. The summed E-state index contributed by atoms with van der Waals surface area (Å²) in [4.78, 5) is 17.1. The Labute approximate surface area is 77.3 Å². The van der Waals surface area contributed by atoms with E-state index in [0.717, 1.165) is 5.82 Å². The number of hydrogen-bond donors (Lipinski definition) is 1. The van der Waals surface area contributed by atoms with E-state index in [2.05, 4.69) is 9.97 Å². The molecule has 0 radical (unpaired) electrons. The lowest BCUT2D eigenvalue weighted by atomic mass is 9.97. The summed E-state index contributed by atoms with van der Waals surface area (Å²) in [6, 6.07) is 0. The molecule has 0 saturated heterocycles. The Bertz CT molecular complexity index is 272. The van der Waals surface area contributed by atoms with Gasteiger partial charge in [-0.25, -0.2) is 9.97 Å². The van der Waals surface area contributed by atoms with Crippen LogP contribution in [0.3, 0.4) is 0 Å². The largest absolute Gasteiger partial charge is 0.452 e. The predicted molar refractivity (Wildman–Crippen MR) is 46.6 cm³/mol. The minimum absolute atomic E-state index is 0.199. The molecule has 4 nitrogen and oxygen atoms in total. The fourth-order valence-electron chi connectivity index (χ4n) is 0.764. The second-order valence-electron chi connectivity index (χ2n) is 3.93. The normalized spacial score (nSPS) is 11.3. The van der Waals surface area contributed by atoms with E-state index in [-0.39, 0.29) is 12.6 Å². The van der Waals surface area contributed by atoms with Crippen LogP contribution in [0.15, 0.2) is 12.4 Å². The van der Waals surface area contributed by atoms with Gasteiger partial charge in [-0.05, 0) is 20.8 Å². The van der Waals surface area contributed by atoms with Crippen molar-refractivity contribution in [1.82, 2.24) is 4.98 Å². The number of carbonyl (C=O) groups excluding carboxylic acids is 1. The molecule has 0 unspecified atom stereocenters. The molecule has 0 saturated carbocycles. The zero-order valence-electron chi connectivity index (χ0n) is 8.18. The molecular weight excluding hydrogens is 168 g/mol. The van der Waals surface area contributed by atoms with E-state index in [4.69, 9.17) is 4.74 Å². The number of carbonyl (C=O) groups is 1. The van der Waals surface area contributed by atoms with Crippen LogP contribution in [0.25, 0.3) is 0 Å². The summed E-state index contributed by atoms with van der Waals surface area (Å²) in [6.07, 6.45) is 3.50. The molecule has 2 N–H and O–H groups in total. The maximum Gasteiger partial charge on any atom is 0.311 e. The molecule has 0 aliphatic carbocycles. The lowest BCUT2D eigenvalue weighted by Gasteiger charge is -2.14. The molecule has 0 atom stereocenters. The molecule has 0 bridgehead atoms. The SMILES string of the molecule is CC(C)(C)C(=O)OCc1[nH]cc[nH+]1. The second-order valence-corrected chi connectivity index (χ2v) is 3.93. The Morgan fingerprint density at radius 3 is 2.77 bits per heavy atom. The van der Waals surface area contributed by atoms with Crippen molar-refractivity contribution in [2.45, 2.75) is 27.4 Å². The average molecular weight is 183 g/mol. The van der Waals surface area contributed by atoms with E-state index in [1.165, 1.54) is 0 Å². The third-order valence-electron chi connectivity index (χ3n) is 1.56. The molecule has 13 heavy (non-hydrogen) atoms. The molecule has 1 aromatic rings. The first-order valence-electron chi connectivity index (χ1n) is 4.21. The first-order chi connectivity index (χ1) is 6.00. The zero-order chi connectivity index (χ0) is 9.90. The van der Waals surface area contributed by atoms with Crippen LogP contribution in [0.5, 0.6) is 0 Å². The highest BCUT2D eigenvalue weighted by atomic mass is 16.5. The number of ether oxygens (including phenoxy) is 1. The molecule has 1 aromatic heterocycles. The van der Waals surface area contributed by atoms with Crippen LogP contribution in [0.1, 0.15) is 26.6 Å². The predicted octanol–water partition coefficient (Wildman–Crippen LogP) is 0.918. The van der Waals surface area contributed by atoms with Gasteiger partial charge in [0.15, 0.2) is 6.61 Å². The van der Waals surface area contributed by atoms with E-state index in [1.54, 1.807) is 12.4 Å². The summed E-state index contributed by atoms with van der Waals surface area (Å²) >= 11 is 0. The smallest absolute Gasteiger partial charge is 0.311 e. The van der Waals surface area contributed by atoms with E-state index in [9.17, 15) is 4.79 Å². The van der Waals surface area contributed by atoms with Crippen molar-refractivity contribution >= 4 is 5.97 Å². The topological polar surface area (TPSA) is 56.2 Å². The van der Waals surface area contributed by atoms with Gasteiger partial charge in [0.2, 0.25) is 0 Å². The van der Waals surface area contributed by atoms with Crippen LogP contribution in [0.4, 0.5) is 0 Å². The second kappa shape index (κ2) is 3.60. The Morgan fingerprint density at radius 2 is 2.31 bits per heavy atom. The monoisotopic (exact) mass is 183 g/mol. The van der Waals surface area contributed by atoms with E-state index in [1.807, 2.05) is 20.8 Å². The number of aromatic nitrogens is 2. The number of esters is 1. The minimum atomic E-state index is -0.438. The Morgan fingerprint density at radius 1 is 1.62 bits per heavy atom. The van der Waals surface area contributed by atoms with Gasteiger partial charge < -0.3 is 4.74 Å². The first kappa shape index (κ1) is 9.77. The fraction of sp³-hybridized carbons (Fsp3) is 0.556. The Kier molecular flexibility index (Phi) is 2.70. The summed E-state index contributed by atoms with van der Waals surface area (Å²) in [6.45, 7) is 5.75. The van der Waals surface area contributed by atoms with Crippen molar-refractivity contribution in [2.24, 2.45) is 5.41 Å². The van der Waals surface area contributed by atoms with Crippen molar-refractivity contribution in [2.75, 3.05) is 0 Å². The summed E-state index contributed by atoms with van der Waals surface area (Å²) in [5.41, 5.74) is -0.438. The number of imidazole rings is 1. The zero-order valence-corrected chi connectivity index (χ0v) is 8.18. The van der Waals surface area contributed by atoms with Crippen LogP contribution in [0.2, 0.25) is 0 Å². The van der Waals surface area contributed by atoms with Crippen LogP contribution in [0, 0.1) is 5.41 Å². The van der Waals surface area contributed by atoms with Crippen molar-refractivity contribution < 1.29 is 14.5 Å². The van der Waals surface area contributed by atoms with Gasteiger partial charge in [0, 0.05) is 0 Å². The van der Waals surface area contributed by atoms with Crippen molar-refractivity contribution in [3.8, 4) is 0 Å². The molecule has 1 rings (SSSR count). The van der Waals surface area contributed by atoms with Gasteiger partial charge in [-0.1, -0.05) is 0 Å². The number of nitrogens with one attached hydrogen (secondary N) is 2. The highest BCUT2D eigenvalue weighted by molar-refractivity contribution is 5.75. The summed E-state index contributed by atoms with van der Waals surface area (Å²) in [7, 11) is 0. The highest BCUT2D eigenvalue weighted by Gasteiger charge is 2.23. The molecule has 0 aliphatic heterocycles. The van der Waals surface area contributed by atoms with Crippen molar-refractivity contribution in [3.63, 3.8) is 0 Å². The lowest BCUT2D eigenvalue weighted by molar-refractivity contribution is -0.393. The van der Waals surface area contributed by atoms with Gasteiger partial charge in [0.05, 0.1) is 5.41 Å². The summed E-state index contributed by atoms with van der Waals surface area (Å²) in [5, 5.41) is 0. The van der Waals surface area contributed by atoms with Gasteiger partial charge >= 0.3 is 5.97 Å². The van der Waals surface area contributed by atoms with Crippen molar-refractivity contribution in [3.05, 3.63) is 18.2 Å². The molecule has 0 fully saturated rings. The van der Waals surface area contributed by atoms with Gasteiger partial charge in [0.25, 0.3) is 5.82 Å². The summed E-state index contributed by atoms with van der Waals surface area (Å²) < 4.78 is 5.05. The molecule has 0 aliphatic rings. The number of hydrogen-bond acceptors (Lipinski definition) is 2. The van der Waals surface area contributed by atoms with Crippen LogP contribution >= 0.6 is 0 Å².